The number of carbonyl (C=O) groups excluding carboxylic acids is 2. The molecular formula is C22H21NO4. The van der Waals surface area contributed by atoms with Crippen molar-refractivity contribution in [3.63, 3.8) is 0 Å². The van der Waals surface area contributed by atoms with Crippen LogP contribution in [0.1, 0.15) is 22.8 Å². The van der Waals surface area contributed by atoms with Gasteiger partial charge < -0.3 is 14.8 Å². The van der Waals surface area contributed by atoms with Crippen LogP contribution in [0.5, 0.6) is 5.75 Å². The number of rotatable bonds is 5. The summed E-state index contributed by atoms with van der Waals surface area (Å²) in [6.07, 6.45) is -0.711. The summed E-state index contributed by atoms with van der Waals surface area (Å²) in [5, 5.41) is 4.82. The van der Waals surface area contributed by atoms with Gasteiger partial charge in [0.25, 0.3) is 5.91 Å². The molecule has 0 saturated carbocycles. The molecule has 0 aromatic heterocycles. The van der Waals surface area contributed by atoms with Crippen LogP contribution in [0.25, 0.3) is 10.8 Å². The molecular weight excluding hydrogens is 342 g/mol. The number of nitrogens with one attached hydrogen (secondary N) is 1. The van der Waals surface area contributed by atoms with Crippen LogP contribution in [-0.2, 0) is 9.53 Å². The smallest absolute Gasteiger partial charge is 0.337 e. The van der Waals surface area contributed by atoms with Crippen molar-refractivity contribution in [1.82, 2.24) is 0 Å². The molecule has 1 N–H and O–H groups in total. The highest BCUT2D eigenvalue weighted by Crippen LogP contribution is 2.26. The first kappa shape index (κ1) is 18.5. The largest absolute Gasteiger partial charge is 0.480 e. The van der Waals surface area contributed by atoms with Crippen LogP contribution in [-0.4, -0.2) is 25.1 Å². The fraction of sp³-hybridized carbons (Fsp3) is 0.182. The van der Waals surface area contributed by atoms with Crippen molar-refractivity contribution < 1.29 is 19.1 Å². The maximum absolute atomic E-state index is 12.6. The first-order chi connectivity index (χ1) is 13.0. The average molecular weight is 363 g/mol. The Morgan fingerprint density at radius 2 is 1.74 bits per heavy atom. The Morgan fingerprint density at radius 1 is 1.00 bits per heavy atom. The number of esters is 1. The Hall–Kier alpha value is -3.34. The zero-order chi connectivity index (χ0) is 19.4. The van der Waals surface area contributed by atoms with E-state index in [0.717, 1.165) is 16.3 Å². The van der Waals surface area contributed by atoms with E-state index in [9.17, 15) is 9.59 Å². The molecule has 3 rings (SSSR count). The molecule has 0 fully saturated rings. The Kier molecular flexibility index (Phi) is 5.41. The zero-order valence-electron chi connectivity index (χ0n) is 15.5. The standard InChI is InChI=1S/C22H21NO4/c1-14-11-12-17(22(25)26-3)13-19(14)23-21(24)15(2)27-20-10-6-8-16-7-4-5-9-18(16)20/h4-13,15H,1-3H3,(H,23,24)/t15-/m0/s1. The zero-order valence-corrected chi connectivity index (χ0v) is 15.5. The van der Waals surface area contributed by atoms with Crippen LogP contribution in [0.4, 0.5) is 5.69 Å². The van der Waals surface area contributed by atoms with Gasteiger partial charge in [0.15, 0.2) is 6.10 Å². The number of methoxy groups -OCH3 is 1. The highest BCUT2D eigenvalue weighted by atomic mass is 16.5. The predicted octanol–water partition coefficient (Wildman–Crippen LogP) is 4.34. The van der Waals surface area contributed by atoms with E-state index in [1.54, 1.807) is 25.1 Å². The maximum atomic E-state index is 12.6. The molecule has 0 aliphatic rings. The van der Waals surface area contributed by atoms with E-state index in [2.05, 4.69) is 5.32 Å². The monoisotopic (exact) mass is 363 g/mol. The SMILES string of the molecule is COC(=O)c1ccc(C)c(NC(=O)[C@H](C)Oc2cccc3ccccc23)c1. The normalized spacial score (nSPS) is 11.7. The second-order valence-corrected chi connectivity index (χ2v) is 6.25. The van der Waals surface area contributed by atoms with Crippen molar-refractivity contribution >= 4 is 28.3 Å². The van der Waals surface area contributed by atoms with Crippen molar-refractivity contribution in [3.8, 4) is 5.75 Å². The summed E-state index contributed by atoms with van der Waals surface area (Å²) in [6.45, 7) is 3.55. The number of fused-ring (bicyclic) bond motifs is 1. The van der Waals surface area contributed by atoms with Crippen molar-refractivity contribution in [2.75, 3.05) is 12.4 Å². The van der Waals surface area contributed by atoms with Gasteiger partial charge in [-0.3, -0.25) is 4.79 Å². The molecule has 0 saturated heterocycles. The van der Waals surface area contributed by atoms with E-state index in [-0.39, 0.29) is 5.91 Å². The van der Waals surface area contributed by atoms with Crippen molar-refractivity contribution in [2.24, 2.45) is 0 Å². The Morgan fingerprint density at radius 3 is 2.52 bits per heavy atom. The van der Waals surface area contributed by atoms with Gasteiger partial charge in [0.05, 0.1) is 12.7 Å². The molecule has 0 heterocycles. The molecule has 1 amide bonds. The molecule has 5 nitrogen and oxygen atoms in total. The van der Waals surface area contributed by atoms with Crippen LogP contribution in [0, 0.1) is 6.92 Å². The lowest BCUT2D eigenvalue weighted by molar-refractivity contribution is -0.122. The number of hydrogen-bond acceptors (Lipinski definition) is 4. The van der Waals surface area contributed by atoms with Gasteiger partial charge in [-0.1, -0.05) is 42.5 Å². The van der Waals surface area contributed by atoms with Gasteiger partial charge in [-0.2, -0.15) is 0 Å². The van der Waals surface area contributed by atoms with Gasteiger partial charge in [-0.05, 0) is 43.0 Å². The van der Waals surface area contributed by atoms with E-state index >= 15 is 0 Å². The molecule has 0 radical (unpaired) electrons. The molecule has 0 bridgehead atoms. The summed E-state index contributed by atoms with van der Waals surface area (Å²) >= 11 is 0. The van der Waals surface area contributed by atoms with Gasteiger partial charge >= 0.3 is 5.97 Å². The third kappa shape index (κ3) is 4.08. The third-order valence-electron chi connectivity index (χ3n) is 4.34. The van der Waals surface area contributed by atoms with E-state index < -0.39 is 12.1 Å². The van der Waals surface area contributed by atoms with Crippen LogP contribution in [0.3, 0.4) is 0 Å². The molecule has 0 unspecified atom stereocenters. The summed E-state index contributed by atoms with van der Waals surface area (Å²) < 4.78 is 10.6. The first-order valence-corrected chi connectivity index (χ1v) is 8.64. The van der Waals surface area contributed by atoms with E-state index in [1.165, 1.54) is 7.11 Å². The van der Waals surface area contributed by atoms with Crippen LogP contribution < -0.4 is 10.1 Å². The lowest BCUT2D eigenvalue weighted by Crippen LogP contribution is -2.30. The number of aryl methyl sites for hydroxylation is 1. The second kappa shape index (κ2) is 7.91. The summed E-state index contributed by atoms with van der Waals surface area (Å²) in [5.74, 6) is -0.102. The average Bonchev–Trinajstić information content (AvgIpc) is 2.69. The number of hydrogen-bond donors (Lipinski definition) is 1. The van der Waals surface area contributed by atoms with Crippen LogP contribution in [0.15, 0.2) is 60.7 Å². The minimum absolute atomic E-state index is 0.298. The summed E-state index contributed by atoms with van der Waals surface area (Å²) in [6, 6.07) is 18.6. The number of carbonyl (C=O) groups is 2. The Labute approximate surface area is 157 Å². The van der Waals surface area contributed by atoms with E-state index in [1.807, 2.05) is 49.4 Å². The number of ether oxygens (including phenoxy) is 2. The van der Waals surface area contributed by atoms with Gasteiger partial charge in [0, 0.05) is 11.1 Å². The van der Waals surface area contributed by atoms with E-state index in [4.69, 9.17) is 9.47 Å². The van der Waals surface area contributed by atoms with Crippen molar-refractivity contribution in [1.29, 1.82) is 0 Å². The van der Waals surface area contributed by atoms with Gasteiger partial charge in [-0.15, -0.1) is 0 Å². The van der Waals surface area contributed by atoms with Crippen LogP contribution >= 0.6 is 0 Å². The predicted molar refractivity (Wildman–Crippen MR) is 105 cm³/mol. The molecule has 3 aromatic carbocycles. The van der Waals surface area contributed by atoms with Gasteiger partial charge in [0.1, 0.15) is 5.75 Å². The summed E-state index contributed by atoms with van der Waals surface area (Å²) in [5.41, 5.74) is 1.77. The maximum Gasteiger partial charge on any atom is 0.337 e. The fourth-order valence-electron chi connectivity index (χ4n) is 2.78. The first-order valence-electron chi connectivity index (χ1n) is 8.64. The van der Waals surface area contributed by atoms with Crippen LogP contribution in [0.2, 0.25) is 0 Å². The van der Waals surface area contributed by atoms with Gasteiger partial charge in [-0.25, -0.2) is 4.79 Å². The number of benzene rings is 3. The topological polar surface area (TPSA) is 64.6 Å². The Bertz CT molecular complexity index is 991. The highest BCUT2D eigenvalue weighted by Gasteiger charge is 2.18. The van der Waals surface area contributed by atoms with Crippen molar-refractivity contribution in [3.05, 3.63) is 71.8 Å². The lowest BCUT2D eigenvalue weighted by atomic mass is 10.1. The number of amides is 1. The fourth-order valence-corrected chi connectivity index (χ4v) is 2.78. The highest BCUT2D eigenvalue weighted by molar-refractivity contribution is 5.97. The molecule has 0 aliphatic heterocycles. The molecule has 5 heteroatoms. The third-order valence-corrected chi connectivity index (χ3v) is 4.34. The van der Waals surface area contributed by atoms with Gasteiger partial charge in [0.2, 0.25) is 0 Å². The van der Waals surface area contributed by atoms with E-state index in [0.29, 0.717) is 17.0 Å². The Balaban J connectivity index is 1.77. The lowest BCUT2D eigenvalue weighted by Gasteiger charge is -2.17. The van der Waals surface area contributed by atoms with Crippen molar-refractivity contribution in [2.45, 2.75) is 20.0 Å². The molecule has 0 spiro atoms. The molecule has 0 aliphatic carbocycles. The minimum atomic E-state index is -0.711. The molecule has 138 valence electrons. The molecule has 3 aromatic rings. The summed E-state index contributed by atoms with van der Waals surface area (Å²) in [4.78, 5) is 24.3. The minimum Gasteiger partial charge on any atom is -0.480 e. The molecule has 27 heavy (non-hydrogen) atoms. The second-order valence-electron chi connectivity index (χ2n) is 6.25. The quantitative estimate of drug-likeness (QED) is 0.685. The summed E-state index contributed by atoms with van der Waals surface area (Å²) in [7, 11) is 1.32. The molecule has 1 atom stereocenters. The number of anilines is 1.